The van der Waals surface area contributed by atoms with Gasteiger partial charge in [-0.25, -0.2) is 0 Å². The third kappa shape index (κ3) is 28.7. The molecule has 136 valence electrons. The SMILES string of the molecule is NCCS.OCCCCCCCCCCCCCCCCS. The summed E-state index contributed by atoms with van der Waals surface area (Å²) in [7, 11) is 0. The number of hydrogen-bond acceptors (Lipinski definition) is 4. The van der Waals surface area contributed by atoms with E-state index >= 15 is 0 Å². The van der Waals surface area contributed by atoms with Crippen molar-refractivity contribution in [3.05, 3.63) is 0 Å². The predicted octanol–water partition coefficient (Wildman–Crippen LogP) is 5.24. The molecule has 0 unspecified atom stereocenters. The third-order valence-electron chi connectivity index (χ3n) is 3.70. The van der Waals surface area contributed by atoms with Gasteiger partial charge in [0.15, 0.2) is 0 Å². The van der Waals surface area contributed by atoms with Gasteiger partial charge in [0.2, 0.25) is 0 Å². The molecule has 0 rings (SSSR count). The summed E-state index contributed by atoms with van der Waals surface area (Å²) in [5.74, 6) is 1.85. The number of thiol groups is 2. The highest BCUT2D eigenvalue weighted by Crippen LogP contribution is 2.12. The lowest BCUT2D eigenvalue weighted by Crippen LogP contribution is -1.97. The van der Waals surface area contributed by atoms with E-state index in [4.69, 9.17) is 10.8 Å². The van der Waals surface area contributed by atoms with Crippen molar-refractivity contribution in [2.75, 3.05) is 24.7 Å². The van der Waals surface area contributed by atoms with Gasteiger partial charge in [-0.2, -0.15) is 25.3 Å². The molecule has 0 aliphatic heterocycles. The molecule has 0 aliphatic carbocycles. The molecule has 0 radical (unpaired) electrons. The van der Waals surface area contributed by atoms with Crippen molar-refractivity contribution in [1.82, 2.24) is 0 Å². The molecule has 0 aliphatic rings. The molecule has 0 spiro atoms. The van der Waals surface area contributed by atoms with Crippen molar-refractivity contribution in [3.63, 3.8) is 0 Å². The van der Waals surface area contributed by atoms with E-state index in [0.717, 1.165) is 17.9 Å². The van der Waals surface area contributed by atoms with Crippen molar-refractivity contribution in [2.45, 2.75) is 89.9 Å². The number of nitrogens with two attached hydrogens (primary N) is 1. The minimum atomic E-state index is 0.369. The first-order valence-corrected chi connectivity index (χ1v) is 10.6. The average molecular weight is 352 g/mol. The van der Waals surface area contributed by atoms with Gasteiger partial charge in [0.1, 0.15) is 0 Å². The Bertz CT molecular complexity index is 153. The van der Waals surface area contributed by atoms with Crippen LogP contribution in [0.1, 0.15) is 89.9 Å². The Morgan fingerprint density at radius 3 is 1.00 bits per heavy atom. The van der Waals surface area contributed by atoms with Gasteiger partial charge in [-0.15, -0.1) is 0 Å². The number of rotatable bonds is 16. The highest BCUT2D eigenvalue weighted by Gasteiger charge is 1.93. The zero-order chi connectivity index (χ0) is 16.7. The van der Waals surface area contributed by atoms with Crippen molar-refractivity contribution in [2.24, 2.45) is 5.73 Å². The van der Waals surface area contributed by atoms with E-state index in [2.05, 4.69) is 25.3 Å². The van der Waals surface area contributed by atoms with Crippen LogP contribution in [-0.4, -0.2) is 29.8 Å². The Morgan fingerprint density at radius 1 is 0.500 bits per heavy atom. The summed E-state index contributed by atoms with van der Waals surface area (Å²) in [6, 6.07) is 0. The summed E-state index contributed by atoms with van der Waals surface area (Å²) in [4.78, 5) is 0. The molecule has 0 fully saturated rings. The summed E-state index contributed by atoms with van der Waals surface area (Å²) in [6.45, 7) is 1.05. The second-order valence-electron chi connectivity index (χ2n) is 5.91. The van der Waals surface area contributed by atoms with Crippen LogP contribution in [0.15, 0.2) is 0 Å². The lowest BCUT2D eigenvalue weighted by molar-refractivity contribution is 0.282. The zero-order valence-corrected chi connectivity index (χ0v) is 16.4. The van der Waals surface area contributed by atoms with Gasteiger partial charge in [-0.1, -0.05) is 77.0 Å². The van der Waals surface area contributed by atoms with Crippen LogP contribution in [-0.2, 0) is 0 Å². The standard InChI is InChI=1S/C16H34OS.C2H7NS/c17-15-13-11-9-7-5-3-1-2-4-6-8-10-12-14-16-18;3-1-2-4/h17-18H,1-16H2;4H,1-3H2. The fourth-order valence-corrected chi connectivity index (χ4v) is 2.57. The Morgan fingerprint density at radius 2 is 0.773 bits per heavy atom. The third-order valence-corrected chi connectivity index (χ3v) is 4.27. The molecular weight excluding hydrogens is 310 g/mol. The topological polar surface area (TPSA) is 46.2 Å². The molecule has 0 amide bonds. The minimum absolute atomic E-state index is 0.369. The predicted molar refractivity (Wildman–Crippen MR) is 108 cm³/mol. The minimum Gasteiger partial charge on any atom is -0.396 e. The van der Waals surface area contributed by atoms with Gasteiger partial charge in [0.05, 0.1) is 0 Å². The van der Waals surface area contributed by atoms with E-state index in [-0.39, 0.29) is 0 Å². The molecule has 0 saturated carbocycles. The fraction of sp³-hybridized carbons (Fsp3) is 1.00. The second kappa shape index (κ2) is 26.5. The largest absolute Gasteiger partial charge is 0.396 e. The first kappa shape index (κ1) is 24.9. The molecular formula is C18H41NOS2. The van der Waals surface area contributed by atoms with Crippen LogP contribution in [0.3, 0.4) is 0 Å². The van der Waals surface area contributed by atoms with Crippen LogP contribution < -0.4 is 5.73 Å². The molecule has 0 aromatic heterocycles. The normalized spacial score (nSPS) is 10.4. The fourth-order valence-electron chi connectivity index (χ4n) is 2.34. The molecule has 0 atom stereocenters. The lowest BCUT2D eigenvalue weighted by Gasteiger charge is -2.02. The second-order valence-corrected chi connectivity index (χ2v) is 6.80. The Hall–Kier alpha value is 0.620. The summed E-state index contributed by atoms with van der Waals surface area (Å²) in [5.41, 5.74) is 4.95. The van der Waals surface area contributed by atoms with Crippen molar-refractivity contribution >= 4 is 25.3 Å². The molecule has 22 heavy (non-hydrogen) atoms. The zero-order valence-electron chi connectivity index (χ0n) is 14.6. The molecule has 0 heterocycles. The summed E-state index contributed by atoms with van der Waals surface area (Å²) >= 11 is 8.02. The van der Waals surface area contributed by atoms with Crippen molar-refractivity contribution in [1.29, 1.82) is 0 Å². The van der Waals surface area contributed by atoms with Crippen LogP contribution in [0.4, 0.5) is 0 Å². The monoisotopic (exact) mass is 351 g/mol. The van der Waals surface area contributed by atoms with Crippen LogP contribution in [0.2, 0.25) is 0 Å². The smallest absolute Gasteiger partial charge is 0.0431 e. The number of aliphatic hydroxyl groups excluding tert-OH is 1. The molecule has 2 nitrogen and oxygen atoms in total. The summed E-state index contributed by atoms with van der Waals surface area (Å²) in [5, 5.41) is 8.65. The molecule has 0 aromatic rings. The summed E-state index contributed by atoms with van der Waals surface area (Å²) in [6.07, 6.45) is 18.9. The van der Waals surface area contributed by atoms with Crippen molar-refractivity contribution < 1.29 is 5.11 Å². The molecule has 4 heteroatoms. The Labute approximate surface area is 150 Å². The molecule has 0 aromatic carbocycles. The quantitative estimate of drug-likeness (QED) is 0.227. The first-order valence-electron chi connectivity index (χ1n) is 9.36. The van der Waals surface area contributed by atoms with Crippen LogP contribution in [0.5, 0.6) is 0 Å². The van der Waals surface area contributed by atoms with E-state index in [9.17, 15) is 0 Å². The van der Waals surface area contributed by atoms with Gasteiger partial charge < -0.3 is 10.8 Å². The maximum Gasteiger partial charge on any atom is 0.0431 e. The number of unbranched alkanes of at least 4 members (excludes halogenated alkanes) is 13. The van der Waals surface area contributed by atoms with E-state index in [1.54, 1.807) is 0 Å². The molecule has 0 saturated heterocycles. The van der Waals surface area contributed by atoms with Crippen LogP contribution >= 0.6 is 25.3 Å². The van der Waals surface area contributed by atoms with Crippen molar-refractivity contribution in [3.8, 4) is 0 Å². The van der Waals surface area contributed by atoms with Crippen LogP contribution in [0, 0.1) is 0 Å². The highest BCUT2D eigenvalue weighted by molar-refractivity contribution is 7.80. The average Bonchev–Trinajstić information content (AvgIpc) is 2.55. The van der Waals surface area contributed by atoms with Gasteiger partial charge in [-0.3, -0.25) is 0 Å². The number of aliphatic hydroxyl groups is 1. The first-order chi connectivity index (χ1) is 10.8. The van der Waals surface area contributed by atoms with Gasteiger partial charge >= 0.3 is 0 Å². The summed E-state index contributed by atoms with van der Waals surface area (Å²) < 4.78 is 0. The van der Waals surface area contributed by atoms with Gasteiger partial charge in [-0.05, 0) is 18.6 Å². The van der Waals surface area contributed by atoms with Gasteiger partial charge in [0, 0.05) is 18.9 Å². The highest BCUT2D eigenvalue weighted by atomic mass is 32.1. The lowest BCUT2D eigenvalue weighted by atomic mass is 10.0. The maximum atomic E-state index is 8.65. The van der Waals surface area contributed by atoms with E-state index in [0.29, 0.717) is 13.2 Å². The molecule has 0 bridgehead atoms. The Balaban J connectivity index is 0. The molecule has 3 N–H and O–H groups in total. The van der Waals surface area contributed by atoms with E-state index < -0.39 is 0 Å². The van der Waals surface area contributed by atoms with E-state index in [1.807, 2.05) is 0 Å². The van der Waals surface area contributed by atoms with E-state index in [1.165, 1.54) is 83.5 Å². The Kier molecular flexibility index (Phi) is 30.0. The number of hydrogen-bond donors (Lipinski definition) is 4. The van der Waals surface area contributed by atoms with Gasteiger partial charge in [0.25, 0.3) is 0 Å². The van der Waals surface area contributed by atoms with Crippen LogP contribution in [0.25, 0.3) is 0 Å². The maximum absolute atomic E-state index is 8.65.